The van der Waals surface area contributed by atoms with Gasteiger partial charge in [0, 0.05) is 18.7 Å². The molecule has 2 rings (SSSR count). The fraction of sp³-hybridized carbons (Fsp3) is 0.667. The Bertz CT molecular complexity index is 402. The molecule has 0 saturated heterocycles. The molecule has 1 atom stereocenters. The Balaban J connectivity index is 2.06. The smallest absolute Gasteiger partial charge is 0.124 e. The quantitative estimate of drug-likeness (QED) is 0.699. The Labute approximate surface area is 129 Å². The van der Waals surface area contributed by atoms with E-state index < -0.39 is 0 Å². The summed E-state index contributed by atoms with van der Waals surface area (Å²) in [7, 11) is 1.71. The molecule has 21 heavy (non-hydrogen) atoms. The number of rotatable bonds is 9. The summed E-state index contributed by atoms with van der Waals surface area (Å²) >= 11 is 0. The molecule has 118 valence electrons. The summed E-state index contributed by atoms with van der Waals surface area (Å²) in [6.45, 7) is 4.40. The van der Waals surface area contributed by atoms with Gasteiger partial charge in [-0.15, -0.1) is 0 Å². The van der Waals surface area contributed by atoms with Gasteiger partial charge in [-0.3, -0.25) is 0 Å². The summed E-state index contributed by atoms with van der Waals surface area (Å²) < 4.78 is 11.0. The zero-order chi connectivity index (χ0) is 14.9. The normalized spacial score (nSPS) is 17.0. The number of nitrogens with one attached hydrogen (secondary N) is 1. The van der Waals surface area contributed by atoms with Crippen LogP contribution in [0.4, 0.5) is 0 Å². The van der Waals surface area contributed by atoms with Gasteiger partial charge in [0.2, 0.25) is 0 Å². The van der Waals surface area contributed by atoms with Gasteiger partial charge in [0.15, 0.2) is 0 Å². The molecule has 1 aromatic rings. The Morgan fingerprint density at radius 2 is 1.95 bits per heavy atom. The van der Waals surface area contributed by atoms with Crippen molar-refractivity contribution in [2.75, 3.05) is 26.9 Å². The maximum absolute atomic E-state index is 5.90. The number of hydrogen-bond donors (Lipinski definition) is 1. The predicted octanol–water partition coefficient (Wildman–Crippen LogP) is 3.94. The van der Waals surface area contributed by atoms with Crippen molar-refractivity contribution in [3.8, 4) is 5.75 Å². The van der Waals surface area contributed by atoms with Crippen molar-refractivity contribution in [3.63, 3.8) is 0 Å². The first kappa shape index (κ1) is 16.3. The highest BCUT2D eigenvalue weighted by molar-refractivity contribution is 5.36. The standard InChI is InChI=1S/C18H29NO2/c1-3-19-17(14-15-8-4-5-9-15)16-10-6-7-11-18(16)21-13-12-20-2/h6-7,10-11,15,17,19H,3-5,8-9,12-14H2,1-2H3. The van der Waals surface area contributed by atoms with Gasteiger partial charge in [0.25, 0.3) is 0 Å². The second kappa shape index (κ2) is 9.06. The molecule has 1 aromatic carbocycles. The molecule has 1 unspecified atom stereocenters. The van der Waals surface area contributed by atoms with Gasteiger partial charge in [0.1, 0.15) is 12.4 Å². The van der Waals surface area contributed by atoms with Crippen LogP contribution in [0.2, 0.25) is 0 Å². The number of methoxy groups -OCH3 is 1. The minimum atomic E-state index is 0.400. The van der Waals surface area contributed by atoms with Crippen LogP contribution in [-0.2, 0) is 4.74 Å². The lowest BCUT2D eigenvalue weighted by Crippen LogP contribution is -2.24. The third-order valence-electron chi connectivity index (χ3n) is 4.33. The van der Waals surface area contributed by atoms with Crippen LogP contribution < -0.4 is 10.1 Å². The van der Waals surface area contributed by atoms with Gasteiger partial charge in [-0.25, -0.2) is 0 Å². The molecule has 1 N–H and O–H groups in total. The number of para-hydroxylation sites is 1. The lowest BCUT2D eigenvalue weighted by atomic mass is 9.93. The molecule has 1 fully saturated rings. The maximum Gasteiger partial charge on any atom is 0.124 e. The number of benzene rings is 1. The monoisotopic (exact) mass is 291 g/mol. The van der Waals surface area contributed by atoms with Crippen LogP contribution >= 0.6 is 0 Å². The molecule has 0 spiro atoms. The van der Waals surface area contributed by atoms with Crippen LogP contribution in [0.15, 0.2) is 24.3 Å². The lowest BCUT2D eigenvalue weighted by molar-refractivity contribution is 0.145. The van der Waals surface area contributed by atoms with Crippen LogP contribution in [0, 0.1) is 5.92 Å². The molecule has 0 radical (unpaired) electrons. The van der Waals surface area contributed by atoms with Crippen LogP contribution in [0.5, 0.6) is 5.75 Å². The Morgan fingerprint density at radius 1 is 1.19 bits per heavy atom. The molecular weight excluding hydrogens is 262 g/mol. The summed E-state index contributed by atoms with van der Waals surface area (Å²) in [6, 6.07) is 8.83. The maximum atomic E-state index is 5.90. The molecule has 0 amide bonds. The van der Waals surface area contributed by atoms with E-state index in [-0.39, 0.29) is 0 Å². The van der Waals surface area contributed by atoms with Gasteiger partial charge in [-0.2, -0.15) is 0 Å². The summed E-state index contributed by atoms with van der Waals surface area (Å²) in [5, 5.41) is 3.65. The third kappa shape index (κ3) is 5.01. The predicted molar refractivity (Wildman–Crippen MR) is 86.8 cm³/mol. The van der Waals surface area contributed by atoms with Crippen molar-refractivity contribution in [1.29, 1.82) is 0 Å². The summed E-state index contributed by atoms with van der Waals surface area (Å²) in [5.41, 5.74) is 1.29. The molecule has 0 aliphatic heterocycles. The average Bonchev–Trinajstić information content (AvgIpc) is 3.01. The summed E-state index contributed by atoms with van der Waals surface area (Å²) in [6.07, 6.45) is 6.78. The highest BCUT2D eigenvalue weighted by Crippen LogP contribution is 2.35. The Morgan fingerprint density at radius 3 is 2.67 bits per heavy atom. The third-order valence-corrected chi connectivity index (χ3v) is 4.33. The zero-order valence-electron chi connectivity index (χ0n) is 13.4. The molecule has 0 heterocycles. The van der Waals surface area contributed by atoms with Gasteiger partial charge in [0.05, 0.1) is 6.61 Å². The van der Waals surface area contributed by atoms with Crippen LogP contribution in [0.3, 0.4) is 0 Å². The van der Waals surface area contributed by atoms with E-state index in [2.05, 4.69) is 30.4 Å². The van der Waals surface area contributed by atoms with Gasteiger partial charge >= 0.3 is 0 Å². The molecule has 3 heteroatoms. The van der Waals surface area contributed by atoms with Crippen molar-refractivity contribution in [1.82, 2.24) is 5.32 Å². The highest BCUT2D eigenvalue weighted by Gasteiger charge is 2.22. The second-order valence-electron chi connectivity index (χ2n) is 5.88. The van der Waals surface area contributed by atoms with Crippen molar-refractivity contribution in [2.45, 2.75) is 45.1 Å². The lowest BCUT2D eigenvalue weighted by Gasteiger charge is -2.24. The first-order chi connectivity index (χ1) is 10.3. The van der Waals surface area contributed by atoms with Crippen molar-refractivity contribution in [2.24, 2.45) is 5.92 Å². The van der Waals surface area contributed by atoms with Crippen molar-refractivity contribution in [3.05, 3.63) is 29.8 Å². The molecule has 0 aromatic heterocycles. The van der Waals surface area contributed by atoms with E-state index in [4.69, 9.17) is 9.47 Å². The van der Waals surface area contributed by atoms with Crippen LogP contribution in [0.1, 0.15) is 50.6 Å². The summed E-state index contributed by atoms with van der Waals surface area (Å²) in [5.74, 6) is 1.86. The Kier molecular flexibility index (Phi) is 7.04. The largest absolute Gasteiger partial charge is 0.491 e. The Hall–Kier alpha value is -1.06. The van der Waals surface area contributed by atoms with Crippen LogP contribution in [-0.4, -0.2) is 26.9 Å². The fourth-order valence-corrected chi connectivity index (χ4v) is 3.28. The number of hydrogen-bond acceptors (Lipinski definition) is 3. The molecule has 1 aliphatic carbocycles. The minimum absolute atomic E-state index is 0.400. The van der Waals surface area contributed by atoms with E-state index in [1.165, 1.54) is 37.7 Å². The van der Waals surface area contributed by atoms with Gasteiger partial charge in [-0.1, -0.05) is 50.8 Å². The van der Waals surface area contributed by atoms with E-state index in [1.54, 1.807) is 7.11 Å². The van der Waals surface area contributed by atoms with E-state index >= 15 is 0 Å². The molecule has 1 aliphatic rings. The first-order valence-corrected chi connectivity index (χ1v) is 8.29. The average molecular weight is 291 g/mol. The SMILES string of the molecule is CCNC(CC1CCCC1)c1ccccc1OCCOC. The van der Waals surface area contributed by atoms with E-state index in [9.17, 15) is 0 Å². The second-order valence-corrected chi connectivity index (χ2v) is 5.88. The fourth-order valence-electron chi connectivity index (χ4n) is 3.28. The highest BCUT2D eigenvalue weighted by atomic mass is 16.5. The van der Waals surface area contributed by atoms with Crippen molar-refractivity contribution >= 4 is 0 Å². The minimum Gasteiger partial charge on any atom is -0.491 e. The molecule has 0 bridgehead atoms. The van der Waals surface area contributed by atoms with Gasteiger partial charge in [-0.05, 0) is 24.9 Å². The van der Waals surface area contributed by atoms with E-state index in [0.717, 1.165) is 18.2 Å². The van der Waals surface area contributed by atoms with E-state index in [1.807, 2.05) is 6.07 Å². The van der Waals surface area contributed by atoms with Crippen LogP contribution in [0.25, 0.3) is 0 Å². The number of ether oxygens (including phenoxy) is 2. The molecule has 1 saturated carbocycles. The topological polar surface area (TPSA) is 30.5 Å². The van der Waals surface area contributed by atoms with Gasteiger partial charge < -0.3 is 14.8 Å². The summed E-state index contributed by atoms with van der Waals surface area (Å²) in [4.78, 5) is 0. The van der Waals surface area contributed by atoms with Crippen molar-refractivity contribution < 1.29 is 9.47 Å². The zero-order valence-corrected chi connectivity index (χ0v) is 13.4. The van der Waals surface area contributed by atoms with E-state index in [0.29, 0.717) is 19.3 Å². The molecule has 3 nitrogen and oxygen atoms in total. The molecular formula is C18H29NO2. The first-order valence-electron chi connectivity index (χ1n) is 8.29.